The number of rotatable bonds is 4. The minimum absolute atomic E-state index is 0.181. The molecule has 0 bridgehead atoms. The van der Waals surface area contributed by atoms with Gasteiger partial charge in [-0.05, 0) is 12.1 Å². The summed E-state index contributed by atoms with van der Waals surface area (Å²) in [7, 11) is -3.72. The van der Waals surface area contributed by atoms with E-state index in [4.69, 9.17) is 9.66 Å². The highest BCUT2D eigenvalue weighted by atomic mass is 32.2. The minimum atomic E-state index is -3.72. The lowest BCUT2D eigenvalue weighted by molar-refractivity contribution is 0.242. The normalized spacial score (nSPS) is 16.9. The van der Waals surface area contributed by atoms with Crippen LogP contribution in [-0.4, -0.2) is 44.7 Å². The molecule has 2 aromatic rings. The van der Waals surface area contributed by atoms with Gasteiger partial charge in [-0.15, -0.1) is 0 Å². The number of nitrogens with two attached hydrogens (primary N) is 1. The van der Waals surface area contributed by atoms with Gasteiger partial charge in [0.2, 0.25) is 10.0 Å². The number of aromatic nitrogens is 1. The number of piperazine rings is 1. The lowest BCUT2D eigenvalue weighted by atomic mass is 10.2. The maximum absolute atomic E-state index is 11.7. The van der Waals surface area contributed by atoms with E-state index in [-0.39, 0.29) is 4.90 Å². The third-order valence-corrected chi connectivity index (χ3v) is 4.72. The standard InChI is InChI=1S/C14H18N4O3S/c15-22(19,20)14-4-2-1-3-13(14)18-8-6-17(7-9-18)11-12-5-10-21-16-12/h1-5,10H,6-9,11H2,(H2,15,19,20). The Balaban J connectivity index is 1.69. The molecular formula is C14H18N4O3S. The molecule has 0 radical (unpaired) electrons. The van der Waals surface area contributed by atoms with Gasteiger partial charge in [0.25, 0.3) is 0 Å². The third-order valence-electron chi connectivity index (χ3n) is 3.76. The SMILES string of the molecule is NS(=O)(=O)c1ccccc1N1CCN(Cc2ccon2)CC1. The lowest BCUT2D eigenvalue weighted by Gasteiger charge is -2.36. The van der Waals surface area contributed by atoms with Gasteiger partial charge in [0, 0.05) is 38.8 Å². The molecule has 118 valence electrons. The van der Waals surface area contributed by atoms with E-state index in [1.807, 2.05) is 12.1 Å². The maximum Gasteiger partial charge on any atom is 0.240 e. The van der Waals surface area contributed by atoms with E-state index in [1.54, 1.807) is 24.5 Å². The molecule has 7 nitrogen and oxygen atoms in total. The van der Waals surface area contributed by atoms with E-state index in [9.17, 15) is 8.42 Å². The molecule has 8 heteroatoms. The Morgan fingerprint density at radius 3 is 2.50 bits per heavy atom. The molecule has 0 aliphatic carbocycles. The summed E-state index contributed by atoms with van der Waals surface area (Å²) in [6, 6.07) is 8.71. The fraction of sp³-hybridized carbons (Fsp3) is 0.357. The fourth-order valence-electron chi connectivity index (χ4n) is 2.65. The molecular weight excluding hydrogens is 304 g/mol. The molecule has 1 aromatic heterocycles. The molecule has 0 spiro atoms. The monoisotopic (exact) mass is 322 g/mol. The van der Waals surface area contributed by atoms with Crippen LogP contribution < -0.4 is 10.0 Å². The Morgan fingerprint density at radius 2 is 1.86 bits per heavy atom. The van der Waals surface area contributed by atoms with E-state index < -0.39 is 10.0 Å². The molecule has 3 rings (SSSR count). The second kappa shape index (κ2) is 6.07. The molecule has 1 aliphatic rings. The first kappa shape index (κ1) is 15.0. The zero-order valence-corrected chi connectivity index (χ0v) is 12.9. The molecule has 22 heavy (non-hydrogen) atoms. The van der Waals surface area contributed by atoms with E-state index in [2.05, 4.69) is 15.0 Å². The van der Waals surface area contributed by atoms with Crippen molar-refractivity contribution in [1.82, 2.24) is 10.1 Å². The van der Waals surface area contributed by atoms with Crippen LogP contribution in [0.2, 0.25) is 0 Å². The number of nitrogens with zero attached hydrogens (tertiary/aromatic N) is 3. The first-order chi connectivity index (χ1) is 10.5. The topological polar surface area (TPSA) is 92.7 Å². The summed E-state index contributed by atoms with van der Waals surface area (Å²) in [5.41, 5.74) is 1.57. The zero-order chi connectivity index (χ0) is 15.6. The summed E-state index contributed by atoms with van der Waals surface area (Å²) < 4.78 is 28.2. The molecule has 0 saturated carbocycles. The first-order valence-electron chi connectivity index (χ1n) is 7.02. The predicted molar refractivity (Wildman–Crippen MR) is 81.8 cm³/mol. The fourth-order valence-corrected chi connectivity index (χ4v) is 3.41. The Bertz CT molecular complexity index is 722. The van der Waals surface area contributed by atoms with E-state index in [1.165, 1.54) is 0 Å². The molecule has 1 aromatic carbocycles. The number of hydrogen-bond acceptors (Lipinski definition) is 6. The molecule has 0 unspecified atom stereocenters. The van der Waals surface area contributed by atoms with Crippen molar-refractivity contribution in [2.45, 2.75) is 11.4 Å². The number of para-hydroxylation sites is 1. The van der Waals surface area contributed by atoms with Gasteiger partial charge in [-0.25, -0.2) is 13.6 Å². The smallest absolute Gasteiger partial charge is 0.240 e. The summed E-state index contributed by atoms with van der Waals surface area (Å²) in [6.07, 6.45) is 1.56. The second-order valence-corrected chi connectivity index (χ2v) is 6.80. The molecule has 2 heterocycles. The molecule has 1 saturated heterocycles. The van der Waals surface area contributed by atoms with E-state index in [0.717, 1.165) is 38.4 Å². The first-order valence-corrected chi connectivity index (χ1v) is 8.57. The molecule has 0 amide bonds. The van der Waals surface area contributed by atoms with Crippen molar-refractivity contribution in [3.8, 4) is 0 Å². The molecule has 1 aliphatic heterocycles. The molecule has 0 atom stereocenters. The Labute approximate surface area is 129 Å². The van der Waals surface area contributed by atoms with Crippen LogP contribution in [0, 0.1) is 0 Å². The van der Waals surface area contributed by atoms with Crippen molar-refractivity contribution in [3.63, 3.8) is 0 Å². The van der Waals surface area contributed by atoms with Gasteiger partial charge in [0.1, 0.15) is 11.2 Å². The maximum atomic E-state index is 11.7. The number of anilines is 1. The van der Waals surface area contributed by atoms with Crippen LogP contribution in [0.4, 0.5) is 5.69 Å². The Kier molecular flexibility index (Phi) is 4.14. The highest BCUT2D eigenvalue weighted by molar-refractivity contribution is 7.89. The van der Waals surface area contributed by atoms with Crippen LogP contribution >= 0.6 is 0 Å². The summed E-state index contributed by atoms with van der Waals surface area (Å²) in [4.78, 5) is 4.49. The Hall–Kier alpha value is -1.90. The van der Waals surface area contributed by atoms with Gasteiger partial charge in [-0.3, -0.25) is 4.90 Å². The third kappa shape index (κ3) is 3.29. The summed E-state index contributed by atoms with van der Waals surface area (Å²) in [5, 5.41) is 9.21. The van der Waals surface area contributed by atoms with Gasteiger partial charge in [-0.2, -0.15) is 0 Å². The summed E-state index contributed by atoms with van der Waals surface area (Å²) >= 11 is 0. The highest BCUT2D eigenvalue weighted by Crippen LogP contribution is 2.25. The number of sulfonamides is 1. The van der Waals surface area contributed by atoms with Crippen molar-refractivity contribution < 1.29 is 12.9 Å². The van der Waals surface area contributed by atoms with E-state index in [0.29, 0.717) is 5.69 Å². The molecule has 2 N–H and O–H groups in total. The zero-order valence-electron chi connectivity index (χ0n) is 12.1. The van der Waals surface area contributed by atoms with E-state index >= 15 is 0 Å². The van der Waals surface area contributed by atoms with Gasteiger partial charge in [0.15, 0.2) is 0 Å². The summed E-state index contributed by atoms with van der Waals surface area (Å²) in [5.74, 6) is 0. The number of hydrogen-bond donors (Lipinski definition) is 1. The minimum Gasteiger partial charge on any atom is -0.368 e. The van der Waals surface area contributed by atoms with Gasteiger partial charge >= 0.3 is 0 Å². The average Bonchev–Trinajstić information content (AvgIpc) is 3.00. The Morgan fingerprint density at radius 1 is 1.14 bits per heavy atom. The number of primary sulfonamides is 1. The van der Waals surface area contributed by atoms with Crippen molar-refractivity contribution in [2.24, 2.45) is 5.14 Å². The quantitative estimate of drug-likeness (QED) is 0.888. The average molecular weight is 322 g/mol. The largest absolute Gasteiger partial charge is 0.368 e. The molecule has 1 fully saturated rings. The van der Waals surface area contributed by atoms with Crippen LogP contribution in [0.3, 0.4) is 0 Å². The van der Waals surface area contributed by atoms with Crippen LogP contribution in [-0.2, 0) is 16.6 Å². The van der Waals surface area contributed by atoms with Crippen molar-refractivity contribution in [2.75, 3.05) is 31.1 Å². The predicted octanol–water partition coefficient (Wildman–Crippen LogP) is 0.644. The van der Waals surface area contributed by atoms with Crippen LogP contribution in [0.5, 0.6) is 0 Å². The van der Waals surface area contributed by atoms with Crippen molar-refractivity contribution in [1.29, 1.82) is 0 Å². The highest BCUT2D eigenvalue weighted by Gasteiger charge is 2.22. The second-order valence-electron chi connectivity index (χ2n) is 5.27. The van der Waals surface area contributed by atoms with Gasteiger partial charge in [-0.1, -0.05) is 17.3 Å². The number of benzene rings is 1. The van der Waals surface area contributed by atoms with Crippen molar-refractivity contribution >= 4 is 15.7 Å². The van der Waals surface area contributed by atoms with Crippen LogP contribution in [0.1, 0.15) is 5.69 Å². The lowest BCUT2D eigenvalue weighted by Crippen LogP contribution is -2.46. The van der Waals surface area contributed by atoms with Gasteiger partial charge < -0.3 is 9.42 Å². The van der Waals surface area contributed by atoms with Crippen molar-refractivity contribution in [3.05, 3.63) is 42.3 Å². The summed E-state index contributed by atoms with van der Waals surface area (Å²) in [6.45, 7) is 3.87. The van der Waals surface area contributed by atoms with Crippen LogP contribution in [0.25, 0.3) is 0 Å². The van der Waals surface area contributed by atoms with Gasteiger partial charge in [0.05, 0.1) is 11.4 Å². The van der Waals surface area contributed by atoms with Crippen LogP contribution in [0.15, 0.2) is 46.0 Å².